The summed E-state index contributed by atoms with van der Waals surface area (Å²) in [5.74, 6) is -0.172. The second kappa shape index (κ2) is 8.29. The van der Waals surface area contributed by atoms with Crippen LogP contribution < -0.4 is 4.74 Å². The van der Waals surface area contributed by atoms with Crippen molar-refractivity contribution in [2.45, 2.75) is 6.92 Å². The molecule has 5 nitrogen and oxygen atoms in total. The number of rotatable bonds is 4. The van der Waals surface area contributed by atoms with Gasteiger partial charge in [0, 0.05) is 11.1 Å². The molecule has 0 fully saturated rings. The Morgan fingerprint density at radius 1 is 0.871 bits per heavy atom. The number of esters is 1. The molecule has 5 heteroatoms. The van der Waals surface area contributed by atoms with E-state index in [-0.39, 0.29) is 5.88 Å². The molecular formula is C26H20N2O3. The number of fused-ring (bicyclic) bond motifs is 1. The smallest absolute Gasteiger partial charge is 0.338 e. The Morgan fingerprint density at radius 3 is 2.23 bits per heavy atom. The first-order valence-corrected chi connectivity index (χ1v) is 9.74. The lowest BCUT2D eigenvalue weighted by molar-refractivity contribution is 0.0602. The molecule has 2 aromatic rings. The third-order valence-electron chi connectivity index (χ3n) is 5.32. The Labute approximate surface area is 180 Å². The van der Waals surface area contributed by atoms with Crippen molar-refractivity contribution in [3.05, 3.63) is 83.4 Å². The Kier molecular flexibility index (Phi) is 5.38. The number of aromatic nitrogens is 1. The van der Waals surface area contributed by atoms with Gasteiger partial charge >= 0.3 is 5.97 Å². The van der Waals surface area contributed by atoms with E-state index >= 15 is 0 Å². The third kappa shape index (κ3) is 3.49. The zero-order valence-electron chi connectivity index (χ0n) is 17.5. The van der Waals surface area contributed by atoms with Crippen molar-refractivity contribution in [2.24, 2.45) is 0 Å². The molecule has 0 saturated heterocycles. The van der Waals surface area contributed by atoms with Crippen molar-refractivity contribution in [1.82, 2.24) is 4.98 Å². The van der Waals surface area contributed by atoms with Crippen LogP contribution in [0.4, 0.5) is 0 Å². The fourth-order valence-electron chi connectivity index (χ4n) is 3.81. The van der Waals surface area contributed by atoms with E-state index < -0.39 is 5.97 Å². The molecule has 2 aliphatic carbocycles. The molecular weight excluding hydrogens is 388 g/mol. The monoisotopic (exact) mass is 408 g/mol. The van der Waals surface area contributed by atoms with E-state index in [9.17, 15) is 10.1 Å². The van der Waals surface area contributed by atoms with E-state index in [4.69, 9.17) is 9.47 Å². The van der Waals surface area contributed by atoms with Crippen molar-refractivity contribution in [1.29, 1.82) is 5.26 Å². The highest BCUT2D eigenvalue weighted by Gasteiger charge is 2.24. The van der Waals surface area contributed by atoms with Crippen molar-refractivity contribution >= 4 is 5.97 Å². The molecule has 0 saturated carbocycles. The molecule has 1 heterocycles. The van der Waals surface area contributed by atoms with E-state index in [2.05, 4.69) is 11.1 Å². The van der Waals surface area contributed by atoms with E-state index in [0.29, 0.717) is 16.8 Å². The summed E-state index contributed by atoms with van der Waals surface area (Å²) in [6.07, 6.45) is 0. The number of hydrogen-bond donors (Lipinski definition) is 0. The number of nitrogens with zero attached hydrogens (tertiary/aromatic N) is 2. The van der Waals surface area contributed by atoms with Gasteiger partial charge in [0.05, 0.1) is 25.5 Å². The first-order valence-electron chi connectivity index (χ1n) is 9.74. The fraction of sp³-hybridized carbons (Fsp3) is 0.115. The van der Waals surface area contributed by atoms with Gasteiger partial charge in [0.15, 0.2) is 0 Å². The minimum atomic E-state index is -0.415. The van der Waals surface area contributed by atoms with Crippen LogP contribution in [0.15, 0.2) is 66.7 Å². The van der Waals surface area contributed by atoms with Gasteiger partial charge < -0.3 is 9.47 Å². The predicted octanol–water partition coefficient (Wildman–Crippen LogP) is 5.50. The van der Waals surface area contributed by atoms with E-state index in [1.807, 2.05) is 67.6 Å². The summed E-state index contributed by atoms with van der Waals surface area (Å²) in [7, 11) is 2.86. The maximum atomic E-state index is 12.4. The lowest BCUT2D eigenvalue weighted by atomic mass is 9.95. The standard InChI is InChI=1S/C26H20N2O3/c1-16-9-7-8-10-17(16)20-14-24(28-25(30-2)23(20)15-27)21-13-22(26(29)31-3)19-12-6-4-5-11-18(19)21/h4-14H,1-3H3. The molecule has 0 unspecified atom stereocenters. The Hall–Kier alpha value is -4.17. The van der Waals surface area contributed by atoms with Crippen LogP contribution in [0, 0.1) is 18.3 Å². The molecule has 1 aromatic heterocycles. The number of methoxy groups -OCH3 is 2. The number of carbonyl (C=O) groups excluding carboxylic acids is 1. The molecule has 1 aromatic carbocycles. The van der Waals surface area contributed by atoms with Crippen LogP contribution in [0.1, 0.15) is 21.5 Å². The Morgan fingerprint density at radius 2 is 1.55 bits per heavy atom. The molecule has 31 heavy (non-hydrogen) atoms. The lowest BCUT2D eigenvalue weighted by Crippen LogP contribution is -2.00. The van der Waals surface area contributed by atoms with Crippen molar-refractivity contribution in [3.63, 3.8) is 0 Å². The minimum absolute atomic E-state index is 0.243. The van der Waals surface area contributed by atoms with Gasteiger partial charge in [0.2, 0.25) is 5.88 Å². The molecule has 0 N–H and O–H groups in total. The number of nitriles is 1. The third-order valence-corrected chi connectivity index (χ3v) is 5.32. The molecule has 0 atom stereocenters. The molecule has 4 rings (SSSR count). The molecule has 0 spiro atoms. The second-order valence-electron chi connectivity index (χ2n) is 7.07. The van der Waals surface area contributed by atoms with Crippen LogP contribution in [-0.4, -0.2) is 25.2 Å². The molecule has 0 radical (unpaired) electrons. The number of carbonyl (C=O) groups is 1. The number of benzene rings is 1. The summed E-state index contributed by atoms with van der Waals surface area (Å²) >= 11 is 0. The van der Waals surface area contributed by atoms with Crippen molar-refractivity contribution in [3.8, 4) is 45.5 Å². The summed E-state index contributed by atoms with van der Waals surface area (Å²) in [4.78, 5) is 17.0. The summed E-state index contributed by atoms with van der Waals surface area (Å²) < 4.78 is 10.5. The van der Waals surface area contributed by atoms with Gasteiger partial charge in [-0.2, -0.15) is 5.26 Å². The number of aryl methyl sites for hydroxylation is 1. The maximum Gasteiger partial charge on any atom is 0.338 e. The van der Waals surface area contributed by atoms with Gasteiger partial charge in [-0.25, -0.2) is 9.78 Å². The minimum Gasteiger partial charge on any atom is -0.480 e. The van der Waals surface area contributed by atoms with Gasteiger partial charge in [-0.3, -0.25) is 0 Å². The highest BCUT2D eigenvalue weighted by atomic mass is 16.5. The van der Waals surface area contributed by atoms with Crippen LogP contribution in [-0.2, 0) is 4.74 Å². The quantitative estimate of drug-likeness (QED) is 0.417. The van der Waals surface area contributed by atoms with Gasteiger partial charge in [-0.1, -0.05) is 54.6 Å². The van der Waals surface area contributed by atoms with Gasteiger partial charge in [0.25, 0.3) is 0 Å². The zero-order valence-corrected chi connectivity index (χ0v) is 17.5. The number of ether oxygens (including phenoxy) is 2. The normalized spacial score (nSPS) is 10.5. The lowest BCUT2D eigenvalue weighted by Gasteiger charge is -2.13. The summed E-state index contributed by atoms with van der Waals surface area (Å²) in [5, 5.41) is 9.83. The molecule has 0 aliphatic heterocycles. The van der Waals surface area contributed by atoms with Crippen LogP contribution in [0.2, 0.25) is 0 Å². The predicted molar refractivity (Wildman–Crippen MR) is 119 cm³/mol. The Bertz CT molecular complexity index is 1300. The summed E-state index contributed by atoms with van der Waals surface area (Å²) in [6, 6.07) is 23.3. The highest BCUT2D eigenvalue weighted by molar-refractivity contribution is 6.04. The SMILES string of the molecule is COC(=O)c1cc(-c2cc(-c3ccccc3C)c(C#N)c(OC)n2)c2cccccc1-2. The van der Waals surface area contributed by atoms with E-state index in [1.165, 1.54) is 14.2 Å². The fourth-order valence-corrected chi connectivity index (χ4v) is 3.81. The van der Waals surface area contributed by atoms with Gasteiger partial charge in [0.1, 0.15) is 11.6 Å². The van der Waals surface area contributed by atoms with E-state index in [1.54, 1.807) is 6.07 Å². The van der Waals surface area contributed by atoms with Crippen LogP contribution in [0.5, 0.6) is 5.88 Å². The van der Waals surface area contributed by atoms with Gasteiger partial charge in [-0.15, -0.1) is 0 Å². The first-order chi connectivity index (χ1) is 15.1. The van der Waals surface area contributed by atoms with E-state index in [0.717, 1.165) is 33.4 Å². The van der Waals surface area contributed by atoms with Crippen LogP contribution >= 0.6 is 0 Å². The molecule has 2 aliphatic rings. The van der Waals surface area contributed by atoms with Gasteiger partial charge in [-0.05, 0) is 41.3 Å². The largest absolute Gasteiger partial charge is 0.480 e. The summed E-state index contributed by atoms with van der Waals surface area (Å²) in [6.45, 7) is 2.00. The number of pyridine rings is 1. The average Bonchev–Trinajstić information content (AvgIpc) is 2.98. The van der Waals surface area contributed by atoms with Crippen molar-refractivity contribution in [2.75, 3.05) is 14.2 Å². The zero-order chi connectivity index (χ0) is 22.0. The second-order valence-corrected chi connectivity index (χ2v) is 7.07. The van der Waals surface area contributed by atoms with Crippen LogP contribution in [0.3, 0.4) is 0 Å². The van der Waals surface area contributed by atoms with Crippen LogP contribution in [0.25, 0.3) is 33.5 Å². The topological polar surface area (TPSA) is 72.2 Å². The highest BCUT2D eigenvalue weighted by Crippen LogP contribution is 2.41. The molecule has 0 amide bonds. The first kappa shape index (κ1) is 20.1. The Balaban J connectivity index is 2.04. The maximum absolute atomic E-state index is 12.4. The molecule has 152 valence electrons. The average molecular weight is 408 g/mol. The van der Waals surface area contributed by atoms with Crippen molar-refractivity contribution < 1.29 is 14.3 Å². The summed E-state index contributed by atoms with van der Waals surface area (Å²) in [5.41, 5.74) is 6.54. The molecule has 0 bridgehead atoms. The number of hydrogen-bond acceptors (Lipinski definition) is 5.